The van der Waals surface area contributed by atoms with Gasteiger partial charge >= 0.3 is 11.9 Å². The minimum atomic E-state index is -1.31. The molecule has 0 aromatic heterocycles. The summed E-state index contributed by atoms with van der Waals surface area (Å²) in [6, 6.07) is 0. The van der Waals surface area contributed by atoms with Crippen LogP contribution in [0.15, 0.2) is 0 Å². The van der Waals surface area contributed by atoms with Crippen LogP contribution in [0.5, 0.6) is 0 Å². The molecule has 27 heavy (non-hydrogen) atoms. The molecule has 3 heterocycles. The summed E-state index contributed by atoms with van der Waals surface area (Å²) < 4.78 is 41.9. The van der Waals surface area contributed by atoms with Crippen molar-refractivity contribution in [3.05, 3.63) is 0 Å². The van der Waals surface area contributed by atoms with Crippen molar-refractivity contribution in [1.82, 2.24) is 0 Å². The third-order valence-corrected chi connectivity index (χ3v) is 7.34. The summed E-state index contributed by atoms with van der Waals surface area (Å²) in [6.45, 7) is -1.12. The van der Waals surface area contributed by atoms with Gasteiger partial charge in [-0.15, -0.1) is 0 Å². The maximum Gasteiger partial charge on any atom is 0.338 e. The molecule has 7 unspecified atom stereocenters. The summed E-state index contributed by atoms with van der Waals surface area (Å²) in [5.41, 5.74) is -0.630. The average Bonchev–Trinajstić information content (AvgIpc) is 3.23. The van der Waals surface area contributed by atoms with Gasteiger partial charge in [0, 0.05) is 11.8 Å². The van der Waals surface area contributed by atoms with Gasteiger partial charge in [-0.2, -0.15) is 0 Å². The van der Waals surface area contributed by atoms with E-state index in [4.69, 9.17) is 23.7 Å². The smallest absolute Gasteiger partial charge is 0.338 e. The number of carbonyl (C=O) groups excluding carboxylic acids is 2. The molecule has 148 valence electrons. The quantitative estimate of drug-likeness (QED) is 0.674. The zero-order chi connectivity index (χ0) is 18.6. The van der Waals surface area contributed by atoms with E-state index in [0.29, 0.717) is 18.8 Å². The first-order valence-corrected chi connectivity index (χ1v) is 9.60. The standard InChI is InChI=1S/C18H21FO8/c19-6-10(20)25-17-3-7-1-8(4-17)18(9(2-7)5-17)26-14-13-12(24-16(14)27-18)11(21)15(22)23-13/h7-9,11-14,16,21H,1-6H2. The highest BCUT2D eigenvalue weighted by Crippen LogP contribution is 2.65. The van der Waals surface area contributed by atoms with Crippen molar-refractivity contribution in [1.29, 1.82) is 0 Å². The molecule has 7 atom stereocenters. The largest absolute Gasteiger partial charge is 0.457 e. The molecule has 0 radical (unpaired) electrons. The van der Waals surface area contributed by atoms with Gasteiger partial charge < -0.3 is 28.8 Å². The van der Waals surface area contributed by atoms with E-state index >= 15 is 0 Å². The van der Waals surface area contributed by atoms with Crippen LogP contribution in [-0.2, 0) is 33.3 Å². The van der Waals surface area contributed by atoms with Crippen molar-refractivity contribution in [3.63, 3.8) is 0 Å². The van der Waals surface area contributed by atoms with Gasteiger partial charge in [-0.1, -0.05) is 0 Å². The second-order valence-electron chi connectivity index (χ2n) is 8.87. The van der Waals surface area contributed by atoms with Crippen molar-refractivity contribution >= 4 is 11.9 Å². The number of esters is 2. The van der Waals surface area contributed by atoms with E-state index in [-0.39, 0.29) is 11.8 Å². The number of carbonyl (C=O) groups is 2. The highest BCUT2D eigenvalue weighted by Gasteiger charge is 2.73. The zero-order valence-electron chi connectivity index (χ0n) is 14.5. The molecule has 9 heteroatoms. The van der Waals surface area contributed by atoms with Crippen LogP contribution in [0.1, 0.15) is 32.1 Å². The van der Waals surface area contributed by atoms with Crippen molar-refractivity contribution < 1.29 is 42.8 Å². The molecule has 4 bridgehead atoms. The fourth-order valence-corrected chi connectivity index (χ4v) is 6.65. The van der Waals surface area contributed by atoms with Gasteiger partial charge in [0.1, 0.15) is 11.7 Å². The first kappa shape index (κ1) is 16.6. The second kappa shape index (κ2) is 5.20. The van der Waals surface area contributed by atoms with Gasteiger partial charge in [-0.05, 0) is 38.0 Å². The number of fused-ring (bicyclic) bond motifs is 3. The minimum absolute atomic E-state index is 0.00541. The van der Waals surface area contributed by atoms with Gasteiger partial charge in [0.25, 0.3) is 0 Å². The Morgan fingerprint density at radius 3 is 2.59 bits per heavy atom. The van der Waals surface area contributed by atoms with E-state index < -0.39 is 60.7 Å². The summed E-state index contributed by atoms with van der Waals surface area (Å²) in [6.07, 6.45) is -0.328. The molecule has 1 N–H and O–H groups in total. The maximum atomic E-state index is 12.7. The first-order chi connectivity index (χ1) is 12.9. The van der Waals surface area contributed by atoms with Crippen LogP contribution >= 0.6 is 0 Å². The lowest BCUT2D eigenvalue weighted by Gasteiger charge is -2.62. The zero-order valence-corrected chi connectivity index (χ0v) is 14.5. The molecular weight excluding hydrogens is 363 g/mol. The molecular formula is C18H21FO8. The minimum Gasteiger partial charge on any atom is -0.457 e. The number of alkyl halides is 1. The van der Waals surface area contributed by atoms with Crippen LogP contribution in [0.25, 0.3) is 0 Å². The van der Waals surface area contributed by atoms with Gasteiger partial charge in [-0.25, -0.2) is 14.0 Å². The topological polar surface area (TPSA) is 101 Å². The molecule has 7 aliphatic rings. The molecule has 4 aliphatic carbocycles. The Balaban J connectivity index is 1.27. The van der Waals surface area contributed by atoms with Crippen molar-refractivity contribution in [2.45, 2.75) is 74.2 Å². The fourth-order valence-electron chi connectivity index (χ4n) is 6.65. The summed E-state index contributed by atoms with van der Waals surface area (Å²) >= 11 is 0. The van der Waals surface area contributed by atoms with Crippen molar-refractivity contribution in [3.8, 4) is 0 Å². The summed E-state index contributed by atoms with van der Waals surface area (Å²) in [4.78, 5) is 23.2. The molecule has 1 spiro atoms. The van der Waals surface area contributed by atoms with E-state index in [9.17, 15) is 19.1 Å². The molecule has 0 aromatic carbocycles. The Labute approximate surface area is 154 Å². The van der Waals surface area contributed by atoms with Gasteiger partial charge in [0.2, 0.25) is 0 Å². The molecule has 8 nitrogen and oxygen atoms in total. The predicted molar refractivity (Wildman–Crippen MR) is 81.6 cm³/mol. The van der Waals surface area contributed by atoms with Crippen LogP contribution in [-0.4, -0.2) is 65.8 Å². The predicted octanol–water partition coefficient (Wildman–Crippen LogP) is 0.201. The van der Waals surface area contributed by atoms with Crippen LogP contribution < -0.4 is 0 Å². The third-order valence-electron chi connectivity index (χ3n) is 7.34. The van der Waals surface area contributed by atoms with E-state index in [2.05, 4.69) is 0 Å². The average molecular weight is 384 g/mol. The van der Waals surface area contributed by atoms with Crippen molar-refractivity contribution in [2.75, 3.05) is 6.67 Å². The second-order valence-corrected chi connectivity index (χ2v) is 8.87. The van der Waals surface area contributed by atoms with Crippen LogP contribution in [0.4, 0.5) is 4.39 Å². The normalized spacial score (nSPS) is 57.0. The van der Waals surface area contributed by atoms with Gasteiger partial charge in [0.15, 0.2) is 37.1 Å². The Bertz CT molecular complexity index is 695. The number of hydrogen-bond acceptors (Lipinski definition) is 8. The Kier molecular flexibility index (Phi) is 3.20. The monoisotopic (exact) mass is 384 g/mol. The van der Waals surface area contributed by atoms with Crippen LogP contribution in [0, 0.1) is 17.8 Å². The van der Waals surface area contributed by atoms with Crippen LogP contribution in [0.2, 0.25) is 0 Å². The summed E-state index contributed by atoms with van der Waals surface area (Å²) in [7, 11) is 0. The molecule has 3 aliphatic heterocycles. The maximum absolute atomic E-state index is 12.7. The first-order valence-electron chi connectivity index (χ1n) is 9.60. The fraction of sp³-hybridized carbons (Fsp3) is 0.889. The summed E-state index contributed by atoms with van der Waals surface area (Å²) in [5.74, 6) is -1.96. The molecule has 0 amide bonds. The Morgan fingerprint density at radius 2 is 1.89 bits per heavy atom. The van der Waals surface area contributed by atoms with E-state index in [1.54, 1.807) is 0 Å². The van der Waals surface area contributed by atoms with Crippen molar-refractivity contribution in [2.24, 2.45) is 17.8 Å². The molecule has 7 fully saturated rings. The lowest BCUT2D eigenvalue weighted by molar-refractivity contribution is -0.342. The lowest BCUT2D eigenvalue weighted by Crippen LogP contribution is -2.65. The summed E-state index contributed by atoms with van der Waals surface area (Å²) in [5, 5.41) is 9.88. The third kappa shape index (κ3) is 2.06. The van der Waals surface area contributed by atoms with Gasteiger partial charge in [-0.3, -0.25) is 0 Å². The lowest BCUT2D eigenvalue weighted by atomic mass is 9.51. The number of aliphatic hydroxyl groups excluding tert-OH is 1. The number of aliphatic hydroxyl groups is 1. The molecule has 0 aromatic rings. The van der Waals surface area contributed by atoms with E-state index in [1.807, 2.05) is 0 Å². The van der Waals surface area contributed by atoms with E-state index in [1.165, 1.54) is 0 Å². The van der Waals surface area contributed by atoms with Crippen LogP contribution in [0.3, 0.4) is 0 Å². The Morgan fingerprint density at radius 1 is 1.15 bits per heavy atom. The molecule has 7 rings (SSSR count). The van der Waals surface area contributed by atoms with E-state index in [0.717, 1.165) is 19.3 Å². The number of halogens is 1. The number of hydrogen-bond donors (Lipinski definition) is 1. The molecule has 4 saturated carbocycles. The molecule has 3 saturated heterocycles. The number of rotatable bonds is 2. The highest BCUT2D eigenvalue weighted by atomic mass is 19.1. The number of ether oxygens (including phenoxy) is 5. The Hall–Kier alpha value is -1.29. The highest BCUT2D eigenvalue weighted by molar-refractivity contribution is 5.78. The SMILES string of the molecule is O=C(CF)OC12CC3CC(C1)C1(OC4OC5C(O)C(=O)OC5C4O1)C(C3)C2. The van der Waals surface area contributed by atoms with Gasteiger partial charge in [0.05, 0.1) is 0 Å².